The average Bonchev–Trinajstić information content (AvgIpc) is 2.59. The van der Waals surface area contributed by atoms with Crippen molar-refractivity contribution in [2.75, 3.05) is 0 Å². The molecule has 14 heavy (non-hydrogen) atoms. The fraction of sp³-hybridized carbons (Fsp3) is 0.200. The van der Waals surface area contributed by atoms with E-state index in [1.807, 2.05) is 19.1 Å². The largest absolute Gasteiger partial charge is 0.294 e. The van der Waals surface area contributed by atoms with Crippen LogP contribution >= 0.6 is 15.9 Å². The minimum Gasteiger partial charge on any atom is -0.294 e. The summed E-state index contributed by atoms with van der Waals surface area (Å²) >= 11 is 3.38. The zero-order chi connectivity index (χ0) is 10.1. The smallest absolute Gasteiger partial charge is 0.164 e. The van der Waals surface area contributed by atoms with E-state index in [-0.39, 0.29) is 5.78 Å². The van der Waals surface area contributed by atoms with Gasteiger partial charge in [-0.15, -0.1) is 0 Å². The lowest BCUT2D eigenvalue weighted by Gasteiger charge is -1.98. The molecule has 0 amide bonds. The lowest BCUT2D eigenvalue weighted by Crippen LogP contribution is -1.99. The van der Waals surface area contributed by atoms with Gasteiger partial charge in [0.05, 0.1) is 16.2 Å². The van der Waals surface area contributed by atoms with Crippen LogP contribution in [0.15, 0.2) is 29.0 Å². The quantitative estimate of drug-likeness (QED) is 0.771. The molecule has 0 saturated carbocycles. The second-order valence-corrected chi connectivity index (χ2v) is 3.87. The van der Waals surface area contributed by atoms with Crippen molar-refractivity contribution >= 4 is 27.2 Å². The molecule has 2 aromatic heterocycles. The van der Waals surface area contributed by atoms with Crippen LogP contribution in [0.25, 0.3) is 5.52 Å². The fourth-order valence-corrected chi connectivity index (χ4v) is 1.73. The Bertz CT molecular complexity index is 490. The third-order valence-electron chi connectivity index (χ3n) is 2.11. The van der Waals surface area contributed by atoms with E-state index >= 15 is 0 Å². The number of halogens is 1. The Labute approximate surface area is 89.9 Å². The summed E-state index contributed by atoms with van der Waals surface area (Å²) in [4.78, 5) is 11.4. The Kier molecular flexibility index (Phi) is 2.37. The first-order valence-corrected chi connectivity index (χ1v) is 5.17. The van der Waals surface area contributed by atoms with Crippen molar-refractivity contribution in [1.82, 2.24) is 9.61 Å². The number of aromatic nitrogens is 2. The van der Waals surface area contributed by atoms with Crippen molar-refractivity contribution in [2.45, 2.75) is 13.3 Å². The lowest BCUT2D eigenvalue weighted by molar-refractivity contribution is 0.0987. The number of hydrogen-bond donors (Lipinski definition) is 0. The molecule has 2 heterocycles. The van der Waals surface area contributed by atoms with E-state index in [0.29, 0.717) is 12.0 Å². The maximum atomic E-state index is 11.4. The van der Waals surface area contributed by atoms with Gasteiger partial charge in [0, 0.05) is 18.2 Å². The molecule has 0 N–H and O–H groups in total. The molecule has 0 aliphatic rings. The predicted molar refractivity (Wildman–Crippen MR) is 57.5 cm³/mol. The standard InChI is InChI=1S/C10H9BrN2O/c1-2-10(14)7-3-4-9-8(11)5-12-13(9)6-7/h3-6H,2H2,1H3. The van der Waals surface area contributed by atoms with Crippen molar-refractivity contribution in [3.05, 3.63) is 34.6 Å². The van der Waals surface area contributed by atoms with Gasteiger partial charge in [-0.2, -0.15) is 5.10 Å². The normalized spacial score (nSPS) is 10.7. The molecule has 0 spiro atoms. The van der Waals surface area contributed by atoms with Gasteiger partial charge in [-0.25, -0.2) is 4.52 Å². The summed E-state index contributed by atoms with van der Waals surface area (Å²) in [6.45, 7) is 1.85. The Hall–Kier alpha value is -1.16. The van der Waals surface area contributed by atoms with Gasteiger partial charge in [-0.05, 0) is 28.1 Å². The van der Waals surface area contributed by atoms with Crippen LogP contribution in [0.2, 0.25) is 0 Å². The molecular formula is C10H9BrN2O. The van der Waals surface area contributed by atoms with Crippen LogP contribution in [-0.2, 0) is 0 Å². The van der Waals surface area contributed by atoms with Crippen molar-refractivity contribution in [3.63, 3.8) is 0 Å². The van der Waals surface area contributed by atoms with Gasteiger partial charge in [0.15, 0.2) is 5.78 Å². The number of carbonyl (C=O) groups excluding carboxylic acids is 1. The third-order valence-corrected chi connectivity index (χ3v) is 2.72. The number of fused-ring (bicyclic) bond motifs is 1. The van der Waals surface area contributed by atoms with Crippen LogP contribution in [0.3, 0.4) is 0 Å². The fourth-order valence-electron chi connectivity index (χ4n) is 1.32. The van der Waals surface area contributed by atoms with Gasteiger partial charge in [0.1, 0.15) is 0 Å². The van der Waals surface area contributed by atoms with Crippen molar-refractivity contribution in [1.29, 1.82) is 0 Å². The molecule has 0 saturated heterocycles. The zero-order valence-electron chi connectivity index (χ0n) is 7.70. The molecule has 3 nitrogen and oxygen atoms in total. The van der Waals surface area contributed by atoms with Gasteiger partial charge in [-0.3, -0.25) is 4.79 Å². The number of carbonyl (C=O) groups is 1. The molecular weight excluding hydrogens is 244 g/mol. The number of rotatable bonds is 2. The van der Waals surface area contributed by atoms with Gasteiger partial charge >= 0.3 is 0 Å². The van der Waals surface area contributed by atoms with Crippen LogP contribution in [0.5, 0.6) is 0 Å². The Balaban J connectivity index is 2.57. The second-order valence-electron chi connectivity index (χ2n) is 3.02. The van der Waals surface area contributed by atoms with Crippen LogP contribution in [0, 0.1) is 0 Å². The van der Waals surface area contributed by atoms with Crippen molar-refractivity contribution < 1.29 is 4.79 Å². The third kappa shape index (κ3) is 1.46. The van der Waals surface area contributed by atoms with Crippen LogP contribution in [-0.4, -0.2) is 15.4 Å². The molecule has 72 valence electrons. The predicted octanol–water partition coefficient (Wildman–Crippen LogP) is 2.69. The molecule has 0 aliphatic heterocycles. The van der Waals surface area contributed by atoms with Crippen LogP contribution in [0.4, 0.5) is 0 Å². The van der Waals surface area contributed by atoms with E-state index in [0.717, 1.165) is 9.99 Å². The molecule has 0 radical (unpaired) electrons. The van der Waals surface area contributed by atoms with Gasteiger partial charge < -0.3 is 0 Å². The topological polar surface area (TPSA) is 34.4 Å². The van der Waals surface area contributed by atoms with Gasteiger partial charge in [0.25, 0.3) is 0 Å². The highest BCUT2D eigenvalue weighted by Gasteiger charge is 2.06. The summed E-state index contributed by atoms with van der Waals surface area (Å²) < 4.78 is 2.64. The lowest BCUT2D eigenvalue weighted by atomic mass is 10.1. The summed E-state index contributed by atoms with van der Waals surface area (Å²) in [6.07, 6.45) is 4.00. The van der Waals surface area contributed by atoms with Gasteiger partial charge in [-0.1, -0.05) is 6.92 Å². The van der Waals surface area contributed by atoms with E-state index in [1.165, 1.54) is 0 Å². The number of pyridine rings is 1. The highest BCUT2D eigenvalue weighted by molar-refractivity contribution is 9.10. The molecule has 4 heteroatoms. The van der Waals surface area contributed by atoms with Crippen LogP contribution < -0.4 is 0 Å². The molecule has 2 aromatic rings. The molecule has 0 fully saturated rings. The summed E-state index contributed by atoms with van der Waals surface area (Å²) in [5.74, 6) is 0.138. The first kappa shape index (κ1) is 9.40. The number of nitrogens with zero attached hydrogens (tertiary/aromatic N) is 2. The highest BCUT2D eigenvalue weighted by Crippen LogP contribution is 2.17. The molecule has 0 bridgehead atoms. The van der Waals surface area contributed by atoms with E-state index in [2.05, 4.69) is 21.0 Å². The summed E-state index contributed by atoms with van der Waals surface area (Å²) in [5, 5.41) is 4.11. The average molecular weight is 253 g/mol. The zero-order valence-corrected chi connectivity index (χ0v) is 9.28. The number of Topliss-reactive ketones (excluding diaryl/α,β-unsaturated/α-hetero) is 1. The Morgan fingerprint density at radius 2 is 2.36 bits per heavy atom. The molecule has 0 unspecified atom stereocenters. The first-order valence-electron chi connectivity index (χ1n) is 4.38. The number of ketones is 1. The summed E-state index contributed by atoms with van der Waals surface area (Å²) in [7, 11) is 0. The summed E-state index contributed by atoms with van der Waals surface area (Å²) in [5.41, 5.74) is 1.67. The molecule has 0 atom stereocenters. The maximum absolute atomic E-state index is 11.4. The van der Waals surface area contributed by atoms with Crippen LogP contribution in [0.1, 0.15) is 23.7 Å². The SMILES string of the molecule is CCC(=O)c1ccc2c(Br)cnn2c1. The van der Waals surface area contributed by atoms with E-state index in [9.17, 15) is 4.79 Å². The van der Waals surface area contributed by atoms with Gasteiger partial charge in [0.2, 0.25) is 0 Å². The monoisotopic (exact) mass is 252 g/mol. The second kappa shape index (κ2) is 3.53. The molecule has 0 aliphatic carbocycles. The van der Waals surface area contributed by atoms with E-state index in [4.69, 9.17) is 0 Å². The van der Waals surface area contributed by atoms with Crippen molar-refractivity contribution in [3.8, 4) is 0 Å². The molecule has 2 rings (SSSR count). The number of hydrogen-bond acceptors (Lipinski definition) is 2. The van der Waals surface area contributed by atoms with E-state index in [1.54, 1.807) is 16.9 Å². The maximum Gasteiger partial charge on any atom is 0.164 e. The highest BCUT2D eigenvalue weighted by atomic mass is 79.9. The van der Waals surface area contributed by atoms with Crippen molar-refractivity contribution in [2.24, 2.45) is 0 Å². The molecule has 0 aromatic carbocycles. The van der Waals surface area contributed by atoms with E-state index < -0.39 is 0 Å². The first-order chi connectivity index (χ1) is 6.72. The minimum atomic E-state index is 0.138. The Morgan fingerprint density at radius 3 is 3.07 bits per heavy atom. The minimum absolute atomic E-state index is 0.138. The Morgan fingerprint density at radius 1 is 1.57 bits per heavy atom. The summed E-state index contributed by atoms with van der Waals surface area (Å²) in [6, 6.07) is 3.72.